The van der Waals surface area contributed by atoms with Gasteiger partial charge in [0.25, 0.3) is 5.91 Å². The molecule has 2 aromatic rings. The van der Waals surface area contributed by atoms with E-state index < -0.39 is 0 Å². The summed E-state index contributed by atoms with van der Waals surface area (Å²) in [6.45, 7) is 8.06. The highest BCUT2D eigenvalue weighted by molar-refractivity contribution is 5.77. The first-order valence-electron chi connectivity index (χ1n) is 9.38. The van der Waals surface area contributed by atoms with Crippen LogP contribution in [0.2, 0.25) is 0 Å². The molecular weight excluding hydrogens is 340 g/mol. The van der Waals surface area contributed by atoms with Crippen LogP contribution in [0.3, 0.4) is 0 Å². The van der Waals surface area contributed by atoms with Gasteiger partial charge in [-0.25, -0.2) is 0 Å². The number of nitrogens with zero attached hydrogens (tertiary/aromatic N) is 2. The molecule has 5 heteroatoms. The molecule has 144 valence electrons. The minimum atomic E-state index is -0.0357. The number of carbonyl (C=O) groups is 1. The standard InChI is InChI=1S/C22H28N2O3/c1-17-12-18(2)14-21(13-17)27-16-22(25)23(3)15-19-4-6-20(7-5-19)24-8-10-26-11-9-24/h4-7,12-14H,8-11,15-16H2,1-3H3. The van der Waals surface area contributed by atoms with Crippen LogP contribution in [0.1, 0.15) is 16.7 Å². The molecule has 0 spiro atoms. The topological polar surface area (TPSA) is 42.0 Å². The fourth-order valence-electron chi connectivity index (χ4n) is 3.27. The lowest BCUT2D eigenvalue weighted by molar-refractivity contribution is -0.132. The molecule has 0 unspecified atom stereocenters. The van der Waals surface area contributed by atoms with Gasteiger partial charge in [-0.2, -0.15) is 0 Å². The van der Waals surface area contributed by atoms with Crippen LogP contribution < -0.4 is 9.64 Å². The normalized spacial score (nSPS) is 14.1. The van der Waals surface area contributed by atoms with Crippen molar-refractivity contribution in [2.24, 2.45) is 0 Å². The number of morpholine rings is 1. The summed E-state index contributed by atoms with van der Waals surface area (Å²) < 4.78 is 11.1. The highest BCUT2D eigenvalue weighted by atomic mass is 16.5. The van der Waals surface area contributed by atoms with Crippen LogP contribution in [0.4, 0.5) is 5.69 Å². The number of hydrogen-bond acceptors (Lipinski definition) is 4. The van der Waals surface area contributed by atoms with E-state index in [1.165, 1.54) is 5.69 Å². The number of likely N-dealkylation sites (N-methyl/N-ethyl adjacent to an activating group) is 1. The summed E-state index contributed by atoms with van der Waals surface area (Å²) in [6, 6.07) is 14.4. The SMILES string of the molecule is Cc1cc(C)cc(OCC(=O)N(C)Cc2ccc(N3CCOCC3)cc2)c1. The van der Waals surface area contributed by atoms with Crippen LogP contribution in [-0.2, 0) is 16.1 Å². The van der Waals surface area contributed by atoms with Gasteiger partial charge < -0.3 is 19.3 Å². The lowest BCUT2D eigenvalue weighted by Crippen LogP contribution is -2.36. The van der Waals surface area contributed by atoms with Gasteiger partial charge in [0, 0.05) is 32.4 Å². The zero-order valence-corrected chi connectivity index (χ0v) is 16.4. The van der Waals surface area contributed by atoms with Crippen LogP contribution in [0.15, 0.2) is 42.5 Å². The van der Waals surface area contributed by atoms with Gasteiger partial charge >= 0.3 is 0 Å². The van der Waals surface area contributed by atoms with Gasteiger partial charge in [0.05, 0.1) is 13.2 Å². The summed E-state index contributed by atoms with van der Waals surface area (Å²) in [5, 5.41) is 0. The Bertz CT molecular complexity index is 747. The van der Waals surface area contributed by atoms with Gasteiger partial charge in [-0.3, -0.25) is 4.79 Å². The number of carbonyl (C=O) groups excluding carboxylic acids is 1. The average molecular weight is 368 g/mol. The number of amides is 1. The third kappa shape index (κ3) is 5.47. The molecule has 0 N–H and O–H groups in total. The molecule has 0 bridgehead atoms. The molecule has 27 heavy (non-hydrogen) atoms. The molecule has 0 radical (unpaired) electrons. The van der Waals surface area contributed by atoms with E-state index >= 15 is 0 Å². The van der Waals surface area contributed by atoms with Crippen LogP contribution in [-0.4, -0.2) is 50.8 Å². The van der Waals surface area contributed by atoms with Gasteiger partial charge in [-0.05, 0) is 54.8 Å². The number of hydrogen-bond donors (Lipinski definition) is 0. The number of ether oxygens (including phenoxy) is 2. The predicted molar refractivity (Wildman–Crippen MR) is 107 cm³/mol. The smallest absolute Gasteiger partial charge is 0.260 e. The summed E-state index contributed by atoms with van der Waals surface area (Å²) in [6.07, 6.45) is 0. The van der Waals surface area contributed by atoms with Gasteiger partial charge in [-0.1, -0.05) is 18.2 Å². The second-order valence-corrected chi connectivity index (χ2v) is 7.13. The maximum Gasteiger partial charge on any atom is 0.260 e. The minimum Gasteiger partial charge on any atom is -0.484 e. The Kier molecular flexibility index (Phi) is 6.35. The Balaban J connectivity index is 1.51. The maximum atomic E-state index is 12.4. The zero-order valence-electron chi connectivity index (χ0n) is 16.4. The van der Waals surface area contributed by atoms with Crippen molar-refractivity contribution < 1.29 is 14.3 Å². The van der Waals surface area contributed by atoms with Crippen molar-refractivity contribution in [2.45, 2.75) is 20.4 Å². The number of anilines is 1. The lowest BCUT2D eigenvalue weighted by atomic mass is 10.1. The lowest BCUT2D eigenvalue weighted by Gasteiger charge is -2.29. The molecule has 1 aliphatic heterocycles. The molecule has 0 atom stereocenters. The van der Waals surface area contributed by atoms with Crippen molar-refractivity contribution >= 4 is 11.6 Å². The number of rotatable bonds is 6. The molecule has 0 aromatic heterocycles. The molecular formula is C22H28N2O3. The Hall–Kier alpha value is -2.53. The fraction of sp³-hybridized carbons (Fsp3) is 0.409. The van der Waals surface area contributed by atoms with E-state index in [1.807, 2.05) is 33.0 Å². The molecule has 5 nitrogen and oxygen atoms in total. The van der Waals surface area contributed by atoms with Gasteiger partial charge in [0.15, 0.2) is 6.61 Å². The predicted octanol–water partition coefficient (Wildman–Crippen LogP) is 3.18. The van der Waals surface area contributed by atoms with Crippen molar-refractivity contribution in [3.8, 4) is 5.75 Å². The average Bonchev–Trinajstić information content (AvgIpc) is 2.66. The van der Waals surface area contributed by atoms with Crippen molar-refractivity contribution in [3.05, 3.63) is 59.2 Å². The summed E-state index contributed by atoms with van der Waals surface area (Å²) in [7, 11) is 1.81. The third-order valence-corrected chi connectivity index (χ3v) is 4.72. The van der Waals surface area contributed by atoms with Gasteiger partial charge in [0.2, 0.25) is 0 Å². The summed E-state index contributed by atoms with van der Waals surface area (Å²) >= 11 is 0. The Morgan fingerprint density at radius 3 is 2.33 bits per heavy atom. The molecule has 1 fully saturated rings. The first kappa shape index (κ1) is 19.2. The maximum absolute atomic E-state index is 12.4. The zero-order chi connectivity index (χ0) is 19.2. The summed E-state index contributed by atoms with van der Waals surface area (Å²) in [5.74, 6) is 0.704. The molecule has 1 amide bonds. The number of benzene rings is 2. The largest absolute Gasteiger partial charge is 0.484 e. The minimum absolute atomic E-state index is 0.0357. The van der Waals surface area contributed by atoms with E-state index in [4.69, 9.17) is 9.47 Å². The van der Waals surface area contributed by atoms with Crippen molar-refractivity contribution in [3.63, 3.8) is 0 Å². The van der Waals surface area contributed by atoms with Crippen LogP contribution in [0, 0.1) is 13.8 Å². The Morgan fingerprint density at radius 1 is 1.07 bits per heavy atom. The summed E-state index contributed by atoms with van der Waals surface area (Å²) in [4.78, 5) is 16.4. The monoisotopic (exact) mass is 368 g/mol. The van der Waals surface area contributed by atoms with Crippen LogP contribution in [0.5, 0.6) is 5.75 Å². The van der Waals surface area contributed by atoms with Crippen molar-refractivity contribution in [2.75, 3.05) is 44.9 Å². The first-order valence-corrected chi connectivity index (χ1v) is 9.38. The van der Waals surface area contributed by atoms with Gasteiger partial charge in [-0.15, -0.1) is 0 Å². The fourth-order valence-corrected chi connectivity index (χ4v) is 3.27. The Morgan fingerprint density at radius 2 is 1.70 bits per heavy atom. The highest BCUT2D eigenvalue weighted by Crippen LogP contribution is 2.18. The number of aryl methyl sites for hydroxylation is 2. The van der Waals surface area contributed by atoms with E-state index in [-0.39, 0.29) is 12.5 Å². The molecule has 3 rings (SSSR count). The van der Waals surface area contributed by atoms with E-state index in [1.54, 1.807) is 4.90 Å². The molecule has 1 heterocycles. The first-order chi connectivity index (χ1) is 13.0. The van der Waals surface area contributed by atoms with Crippen LogP contribution >= 0.6 is 0 Å². The van der Waals surface area contributed by atoms with E-state index in [0.29, 0.717) is 6.54 Å². The molecule has 1 aliphatic rings. The quantitative estimate of drug-likeness (QED) is 0.785. The van der Waals surface area contributed by atoms with Crippen LogP contribution in [0.25, 0.3) is 0 Å². The van der Waals surface area contributed by atoms with Crippen molar-refractivity contribution in [1.29, 1.82) is 0 Å². The molecule has 1 saturated heterocycles. The van der Waals surface area contributed by atoms with Gasteiger partial charge in [0.1, 0.15) is 5.75 Å². The third-order valence-electron chi connectivity index (χ3n) is 4.72. The van der Waals surface area contributed by atoms with E-state index in [0.717, 1.165) is 48.7 Å². The highest BCUT2D eigenvalue weighted by Gasteiger charge is 2.13. The Labute approximate surface area is 161 Å². The van der Waals surface area contributed by atoms with Crippen molar-refractivity contribution in [1.82, 2.24) is 4.90 Å². The summed E-state index contributed by atoms with van der Waals surface area (Å²) in [5.41, 5.74) is 4.57. The molecule has 0 aliphatic carbocycles. The second kappa shape index (κ2) is 8.91. The molecule has 2 aromatic carbocycles. The second-order valence-electron chi connectivity index (χ2n) is 7.13. The van der Waals surface area contributed by atoms with E-state index in [9.17, 15) is 4.79 Å². The van der Waals surface area contributed by atoms with E-state index in [2.05, 4.69) is 35.2 Å². The molecule has 0 saturated carbocycles.